The Balaban J connectivity index is 1.17. The molecule has 2 heterocycles. The zero-order valence-corrected chi connectivity index (χ0v) is 15.7. The van der Waals surface area contributed by atoms with Crippen LogP contribution >= 0.6 is 0 Å². The summed E-state index contributed by atoms with van der Waals surface area (Å²) in [7, 11) is 0. The second-order valence-corrected chi connectivity index (χ2v) is 7.06. The topological polar surface area (TPSA) is 48.4 Å². The minimum absolute atomic E-state index is 0.743. The maximum Gasteiger partial charge on any atom is 0.139 e. The maximum atomic E-state index is 5.91. The van der Waals surface area contributed by atoms with E-state index in [1.54, 1.807) is 0 Å². The molecule has 0 amide bonds. The van der Waals surface area contributed by atoms with E-state index in [1.807, 2.05) is 43.3 Å². The lowest BCUT2D eigenvalue weighted by Crippen LogP contribution is -1.97. The molecule has 0 aliphatic heterocycles. The van der Waals surface area contributed by atoms with Crippen LogP contribution in [0.4, 0.5) is 0 Å². The van der Waals surface area contributed by atoms with Gasteiger partial charge in [0.2, 0.25) is 0 Å². The van der Waals surface area contributed by atoms with Crippen molar-refractivity contribution in [1.82, 2.24) is 5.16 Å². The lowest BCUT2D eigenvalue weighted by Gasteiger charge is -2.06. The summed E-state index contributed by atoms with van der Waals surface area (Å²) in [4.78, 5) is 0. The van der Waals surface area contributed by atoms with Gasteiger partial charge in [-0.1, -0.05) is 42.6 Å². The molecule has 4 aromatic rings. The van der Waals surface area contributed by atoms with Crippen molar-refractivity contribution < 1.29 is 13.7 Å². The summed E-state index contributed by atoms with van der Waals surface area (Å²) in [6.07, 6.45) is 6.82. The van der Waals surface area contributed by atoms with Crippen molar-refractivity contribution in [3.8, 4) is 5.75 Å². The summed E-state index contributed by atoms with van der Waals surface area (Å²) < 4.78 is 17.0. The van der Waals surface area contributed by atoms with Crippen molar-refractivity contribution >= 4 is 21.9 Å². The number of rotatable bonds is 9. The molecule has 27 heavy (non-hydrogen) atoms. The maximum absolute atomic E-state index is 5.91. The zero-order valence-electron chi connectivity index (χ0n) is 15.7. The first-order valence-electron chi connectivity index (χ1n) is 9.76. The summed E-state index contributed by atoms with van der Waals surface area (Å²) in [5, 5.41) is 6.21. The van der Waals surface area contributed by atoms with Crippen molar-refractivity contribution in [2.75, 3.05) is 6.61 Å². The van der Waals surface area contributed by atoms with Crippen molar-refractivity contribution in [1.29, 1.82) is 0 Å². The quantitative estimate of drug-likeness (QED) is 0.320. The van der Waals surface area contributed by atoms with Gasteiger partial charge in [-0.2, -0.15) is 0 Å². The number of fused-ring (bicyclic) bond motifs is 3. The van der Waals surface area contributed by atoms with E-state index in [1.165, 1.54) is 19.3 Å². The van der Waals surface area contributed by atoms with Gasteiger partial charge in [0.05, 0.1) is 12.3 Å². The van der Waals surface area contributed by atoms with Gasteiger partial charge in [0.1, 0.15) is 22.7 Å². The number of ether oxygens (including phenoxy) is 1. The molecular formula is C23H25NO3. The molecule has 0 unspecified atom stereocenters. The van der Waals surface area contributed by atoms with E-state index in [9.17, 15) is 0 Å². The molecule has 0 saturated heterocycles. The van der Waals surface area contributed by atoms with Gasteiger partial charge in [0, 0.05) is 29.3 Å². The Morgan fingerprint density at radius 2 is 1.67 bits per heavy atom. The van der Waals surface area contributed by atoms with Gasteiger partial charge in [0.25, 0.3) is 0 Å². The van der Waals surface area contributed by atoms with Gasteiger partial charge in [-0.25, -0.2) is 0 Å². The van der Waals surface area contributed by atoms with Crippen LogP contribution in [0.3, 0.4) is 0 Å². The molecule has 0 aliphatic rings. The summed E-state index contributed by atoms with van der Waals surface area (Å²) >= 11 is 0. The largest absolute Gasteiger partial charge is 0.493 e. The van der Waals surface area contributed by atoms with Crippen LogP contribution in [0, 0.1) is 6.92 Å². The molecule has 4 heteroatoms. The molecular weight excluding hydrogens is 338 g/mol. The predicted octanol–water partition coefficient (Wildman–Crippen LogP) is 6.45. The number of hydrogen-bond donors (Lipinski definition) is 0. The normalized spacial score (nSPS) is 11.4. The monoisotopic (exact) mass is 363 g/mol. The van der Waals surface area contributed by atoms with Crippen molar-refractivity contribution in [3.63, 3.8) is 0 Å². The van der Waals surface area contributed by atoms with Crippen LogP contribution in [0.1, 0.15) is 43.6 Å². The standard InChI is InChI=1S/C23H25NO3/c1-17-15-19(27-24-17)9-5-3-2-4-8-14-25-18-12-13-21-20-10-6-7-11-22(20)26-23(21)16-18/h6-7,10-13,15-16H,2-5,8-9,14H2,1H3. The van der Waals surface area contributed by atoms with Gasteiger partial charge < -0.3 is 13.7 Å². The molecule has 2 aromatic carbocycles. The molecule has 0 saturated carbocycles. The highest BCUT2D eigenvalue weighted by atomic mass is 16.5. The molecule has 0 spiro atoms. The third-order valence-corrected chi connectivity index (χ3v) is 4.86. The zero-order chi connectivity index (χ0) is 18.5. The summed E-state index contributed by atoms with van der Waals surface area (Å²) in [5.74, 6) is 1.87. The average molecular weight is 363 g/mol. The smallest absolute Gasteiger partial charge is 0.139 e. The first kappa shape index (κ1) is 17.7. The van der Waals surface area contributed by atoms with Gasteiger partial charge >= 0.3 is 0 Å². The number of hydrogen-bond acceptors (Lipinski definition) is 4. The molecule has 0 fully saturated rings. The number of para-hydroxylation sites is 1. The Morgan fingerprint density at radius 3 is 2.56 bits per heavy atom. The van der Waals surface area contributed by atoms with Crippen LogP contribution in [0.5, 0.6) is 5.75 Å². The number of benzene rings is 2. The highest BCUT2D eigenvalue weighted by Crippen LogP contribution is 2.31. The Hall–Kier alpha value is -2.75. The molecule has 140 valence electrons. The van der Waals surface area contributed by atoms with Gasteiger partial charge in [-0.05, 0) is 38.0 Å². The van der Waals surface area contributed by atoms with Crippen LogP contribution in [0.15, 0.2) is 57.5 Å². The Labute approximate surface area is 159 Å². The van der Waals surface area contributed by atoms with Crippen molar-refractivity contribution in [3.05, 3.63) is 60.0 Å². The Morgan fingerprint density at radius 1 is 0.852 bits per heavy atom. The molecule has 0 aliphatic carbocycles. The number of furan rings is 1. The van der Waals surface area contributed by atoms with E-state index in [4.69, 9.17) is 13.7 Å². The molecule has 4 rings (SSSR count). The van der Waals surface area contributed by atoms with Crippen LogP contribution in [0.2, 0.25) is 0 Å². The Bertz CT molecular complexity index is 1010. The van der Waals surface area contributed by atoms with Gasteiger partial charge in [-0.15, -0.1) is 0 Å². The minimum Gasteiger partial charge on any atom is -0.493 e. The number of unbranched alkanes of at least 4 members (excludes halogenated alkanes) is 4. The van der Waals surface area contributed by atoms with Crippen LogP contribution in [-0.4, -0.2) is 11.8 Å². The fraction of sp³-hybridized carbons (Fsp3) is 0.348. The van der Waals surface area contributed by atoms with Crippen LogP contribution < -0.4 is 4.74 Å². The van der Waals surface area contributed by atoms with E-state index < -0.39 is 0 Å². The molecule has 0 radical (unpaired) electrons. The number of nitrogens with zero attached hydrogens (tertiary/aromatic N) is 1. The fourth-order valence-corrected chi connectivity index (χ4v) is 3.45. The highest BCUT2D eigenvalue weighted by Gasteiger charge is 2.07. The first-order valence-corrected chi connectivity index (χ1v) is 9.76. The molecule has 0 N–H and O–H groups in total. The van der Waals surface area contributed by atoms with Crippen LogP contribution in [-0.2, 0) is 6.42 Å². The molecule has 0 atom stereocenters. The van der Waals surface area contributed by atoms with Gasteiger partial charge in [0.15, 0.2) is 0 Å². The van der Waals surface area contributed by atoms with E-state index in [0.717, 1.165) is 65.0 Å². The second kappa shape index (κ2) is 8.30. The number of aryl methyl sites for hydroxylation is 2. The Kier molecular flexibility index (Phi) is 5.42. The van der Waals surface area contributed by atoms with E-state index in [0.29, 0.717) is 0 Å². The minimum atomic E-state index is 0.743. The summed E-state index contributed by atoms with van der Waals surface area (Å²) in [6.45, 7) is 2.70. The summed E-state index contributed by atoms with van der Waals surface area (Å²) in [6, 6.07) is 16.3. The molecule has 0 bridgehead atoms. The lowest BCUT2D eigenvalue weighted by molar-refractivity contribution is 0.304. The van der Waals surface area contributed by atoms with E-state index in [-0.39, 0.29) is 0 Å². The van der Waals surface area contributed by atoms with Gasteiger partial charge in [-0.3, -0.25) is 0 Å². The first-order chi connectivity index (χ1) is 13.3. The van der Waals surface area contributed by atoms with Crippen molar-refractivity contribution in [2.24, 2.45) is 0 Å². The third-order valence-electron chi connectivity index (χ3n) is 4.86. The predicted molar refractivity (Wildman–Crippen MR) is 107 cm³/mol. The lowest BCUT2D eigenvalue weighted by atomic mass is 10.1. The summed E-state index contributed by atoms with van der Waals surface area (Å²) in [5.41, 5.74) is 2.77. The van der Waals surface area contributed by atoms with E-state index >= 15 is 0 Å². The van der Waals surface area contributed by atoms with Crippen LogP contribution in [0.25, 0.3) is 21.9 Å². The third kappa shape index (κ3) is 4.33. The highest BCUT2D eigenvalue weighted by molar-refractivity contribution is 6.05. The second-order valence-electron chi connectivity index (χ2n) is 7.06. The van der Waals surface area contributed by atoms with E-state index in [2.05, 4.69) is 17.3 Å². The SMILES string of the molecule is Cc1cc(CCCCCCCOc2ccc3c(c2)oc2ccccc23)on1. The average Bonchev–Trinajstić information content (AvgIpc) is 3.26. The molecule has 4 nitrogen and oxygen atoms in total. The number of aromatic nitrogens is 1. The fourth-order valence-electron chi connectivity index (χ4n) is 3.45. The molecule has 2 aromatic heterocycles. The van der Waals surface area contributed by atoms with Crippen molar-refractivity contribution in [2.45, 2.75) is 45.4 Å².